The number of imidazole rings is 1. The number of carbonyl (C=O) groups is 2. The summed E-state index contributed by atoms with van der Waals surface area (Å²) in [5, 5.41) is 5.93. The fraction of sp³-hybridized carbons (Fsp3) is 0.240. The Morgan fingerprint density at radius 1 is 1.00 bits per heavy atom. The Hall–Kier alpha value is -4.38. The van der Waals surface area contributed by atoms with Gasteiger partial charge in [-0.2, -0.15) is 0 Å². The van der Waals surface area contributed by atoms with E-state index in [2.05, 4.69) is 25.6 Å². The highest BCUT2D eigenvalue weighted by Crippen LogP contribution is 2.30. The van der Waals surface area contributed by atoms with Crippen LogP contribution in [0, 0.1) is 5.82 Å². The summed E-state index contributed by atoms with van der Waals surface area (Å²) in [4.78, 5) is 41.7. The first kappa shape index (κ1) is 23.4. The molecule has 184 valence electrons. The van der Waals surface area contributed by atoms with Crippen LogP contribution in [0.1, 0.15) is 0 Å². The molecule has 0 unspecified atom stereocenters. The van der Waals surface area contributed by atoms with Gasteiger partial charge in [-0.3, -0.25) is 23.9 Å². The molecular weight excluding hydrogens is 463 g/mol. The van der Waals surface area contributed by atoms with Gasteiger partial charge in [0.05, 0.1) is 19.3 Å². The second-order valence-corrected chi connectivity index (χ2v) is 8.37. The lowest BCUT2D eigenvalue weighted by molar-refractivity contribution is -0.131. The van der Waals surface area contributed by atoms with Gasteiger partial charge in [0.1, 0.15) is 23.1 Å². The maximum atomic E-state index is 14.5. The summed E-state index contributed by atoms with van der Waals surface area (Å²) in [6.45, 7) is 2.45. The van der Waals surface area contributed by atoms with E-state index in [1.165, 1.54) is 6.07 Å². The monoisotopic (exact) mass is 488 g/mol. The Morgan fingerprint density at radius 2 is 1.81 bits per heavy atom. The summed E-state index contributed by atoms with van der Waals surface area (Å²) in [7, 11) is 0. The minimum atomic E-state index is -0.397. The number of halogens is 1. The third-order valence-corrected chi connectivity index (χ3v) is 5.99. The van der Waals surface area contributed by atoms with Crippen molar-refractivity contribution in [3.05, 3.63) is 73.1 Å². The lowest BCUT2D eigenvalue weighted by atomic mass is 10.1. The van der Waals surface area contributed by atoms with Crippen molar-refractivity contribution in [1.29, 1.82) is 0 Å². The van der Waals surface area contributed by atoms with Gasteiger partial charge in [0.2, 0.25) is 11.8 Å². The van der Waals surface area contributed by atoms with Gasteiger partial charge >= 0.3 is 0 Å². The van der Waals surface area contributed by atoms with Crippen molar-refractivity contribution in [2.45, 2.75) is 0 Å². The predicted molar refractivity (Wildman–Crippen MR) is 133 cm³/mol. The van der Waals surface area contributed by atoms with E-state index < -0.39 is 5.82 Å². The van der Waals surface area contributed by atoms with Crippen molar-refractivity contribution in [3.8, 4) is 11.3 Å². The highest BCUT2D eigenvalue weighted by atomic mass is 19.1. The molecule has 1 aromatic carbocycles. The molecule has 3 aromatic heterocycles. The summed E-state index contributed by atoms with van der Waals surface area (Å²) >= 11 is 0. The number of hydrogen-bond acceptors (Lipinski definition) is 7. The number of nitrogens with zero attached hydrogens (tertiary/aromatic N) is 6. The number of pyridine rings is 1. The SMILES string of the molecule is O=C(CN1CCN(C(=O)CNc2c(-c3ccccc3F)nc3cnccn23)CC1)Nc1ccccn1. The van der Waals surface area contributed by atoms with E-state index in [1.54, 1.807) is 64.4 Å². The van der Waals surface area contributed by atoms with Crippen LogP contribution < -0.4 is 10.6 Å². The van der Waals surface area contributed by atoms with Crippen LogP contribution in [0.25, 0.3) is 16.9 Å². The van der Waals surface area contributed by atoms with Crippen LogP contribution in [-0.4, -0.2) is 80.2 Å². The number of anilines is 2. The standard InChI is InChI=1S/C25H25FN8O2/c26-19-6-2-1-5-18(19)24-25(34-10-9-27-15-21(34)31-24)29-16-23(36)33-13-11-32(12-14-33)17-22(35)30-20-7-3-4-8-28-20/h1-10,15,29H,11-14,16-17H2,(H,28,30,35). The maximum absolute atomic E-state index is 14.5. The number of fused-ring (bicyclic) bond motifs is 1. The van der Waals surface area contributed by atoms with E-state index in [0.29, 0.717) is 54.7 Å². The van der Waals surface area contributed by atoms with Gasteiger partial charge in [-0.25, -0.2) is 14.4 Å². The van der Waals surface area contributed by atoms with E-state index in [1.807, 2.05) is 11.0 Å². The average molecular weight is 489 g/mol. The van der Waals surface area contributed by atoms with Gasteiger partial charge in [0, 0.05) is 50.3 Å². The molecule has 2 amide bonds. The predicted octanol–water partition coefficient (Wildman–Crippen LogP) is 2.13. The largest absolute Gasteiger partial charge is 0.360 e. The molecular formula is C25H25FN8O2. The number of amides is 2. The molecule has 1 aliphatic heterocycles. The van der Waals surface area contributed by atoms with Gasteiger partial charge in [0.25, 0.3) is 0 Å². The van der Waals surface area contributed by atoms with Crippen molar-refractivity contribution in [2.24, 2.45) is 0 Å². The van der Waals surface area contributed by atoms with Crippen LogP contribution in [0.15, 0.2) is 67.3 Å². The highest BCUT2D eigenvalue weighted by molar-refractivity contribution is 5.91. The maximum Gasteiger partial charge on any atom is 0.242 e. The van der Waals surface area contributed by atoms with Crippen LogP contribution >= 0.6 is 0 Å². The Balaban J connectivity index is 1.19. The number of benzene rings is 1. The average Bonchev–Trinajstić information content (AvgIpc) is 3.27. The summed E-state index contributed by atoms with van der Waals surface area (Å²) in [5.74, 6) is 0.413. The molecule has 11 heteroatoms. The zero-order valence-electron chi connectivity index (χ0n) is 19.5. The van der Waals surface area contributed by atoms with Crippen LogP contribution in [-0.2, 0) is 9.59 Å². The number of hydrogen-bond donors (Lipinski definition) is 2. The molecule has 5 rings (SSSR count). The molecule has 0 radical (unpaired) electrons. The third kappa shape index (κ3) is 5.15. The normalized spacial score (nSPS) is 14.1. The Labute approximate surface area is 206 Å². The fourth-order valence-electron chi connectivity index (χ4n) is 4.17. The van der Waals surface area contributed by atoms with Crippen molar-refractivity contribution < 1.29 is 14.0 Å². The molecule has 2 N–H and O–H groups in total. The summed E-state index contributed by atoms with van der Waals surface area (Å²) < 4.78 is 16.3. The molecule has 0 spiro atoms. The first-order valence-corrected chi connectivity index (χ1v) is 11.6. The summed E-state index contributed by atoms with van der Waals surface area (Å²) in [6, 6.07) is 11.7. The summed E-state index contributed by atoms with van der Waals surface area (Å²) in [6.07, 6.45) is 6.53. The number of rotatable bonds is 7. The molecule has 4 aromatic rings. The number of nitrogens with one attached hydrogen (secondary N) is 2. The van der Waals surface area contributed by atoms with Crippen molar-refractivity contribution in [1.82, 2.24) is 29.2 Å². The lowest BCUT2D eigenvalue weighted by Crippen LogP contribution is -2.51. The molecule has 10 nitrogen and oxygen atoms in total. The first-order valence-electron chi connectivity index (χ1n) is 11.6. The van der Waals surface area contributed by atoms with Crippen molar-refractivity contribution >= 4 is 29.1 Å². The van der Waals surface area contributed by atoms with E-state index in [9.17, 15) is 14.0 Å². The van der Waals surface area contributed by atoms with Crippen LogP contribution in [0.4, 0.5) is 16.0 Å². The molecule has 0 bridgehead atoms. The lowest BCUT2D eigenvalue weighted by Gasteiger charge is -2.34. The minimum Gasteiger partial charge on any atom is -0.360 e. The Kier molecular flexibility index (Phi) is 6.80. The summed E-state index contributed by atoms with van der Waals surface area (Å²) in [5.41, 5.74) is 1.30. The van der Waals surface area contributed by atoms with Crippen LogP contribution in [0.2, 0.25) is 0 Å². The molecule has 36 heavy (non-hydrogen) atoms. The molecule has 1 saturated heterocycles. The molecule has 0 aliphatic carbocycles. The molecule has 0 atom stereocenters. The van der Waals surface area contributed by atoms with Crippen LogP contribution in [0.3, 0.4) is 0 Å². The smallest absolute Gasteiger partial charge is 0.242 e. The van der Waals surface area contributed by atoms with Crippen LogP contribution in [0.5, 0.6) is 0 Å². The van der Waals surface area contributed by atoms with E-state index >= 15 is 0 Å². The second kappa shape index (κ2) is 10.5. The minimum absolute atomic E-state index is 0.0255. The Bertz CT molecular complexity index is 1370. The number of piperazine rings is 1. The molecule has 4 heterocycles. The zero-order valence-corrected chi connectivity index (χ0v) is 19.5. The van der Waals surface area contributed by atoms with E-state index in [4.69, 9.17) is 0 Å². The van der Waals surface area contributed by atoms with Gasteiger partial charge in [-0.1, -0.05) is 18.2 Å². The molecule has 1 aliphatic rings. The quantitative estimate of drug-likeness (QED) is 0.410. The van der Waals surface area contributed by atoms with Crippen molar-refractivity contribution in [3.63, 3.8) is 0 Å². The second-order valence-electron chi connectivity index (χ2n) is 8.37. The third-order valence-electron chi connectivity index (χ3n) is 5.99. The van der Waals surface area contributed by atoms with Gasteiger partial charge < -0.3 is 15.5 Å². The number of carbonyl (C=O) groups excluding carboxylic acids is 2. The van der Waals surface area contributed by atoms with Gasteiger partial charge in [0.15, 0.2) is 5.65 Å². The molecule has 1 fully saturated rings. The first-order chi connectivity index (χ1) is 17.6. The number of aromatic nitrogens is 4. The van der Waals surface area contributed by atoms with E-state index in [-0.39, 0.29) is 24.9 Å². The van der Waals surface area contributed by atoms with Crippen molar-refractivity contribution in [2.75, 3.05) is 49.9 Å². The fourth-order valence-corrected chi connectivity index (χ4v) is 4.17. The topological polar surface area (TPSA) is 108 Å². The Morgan fingerprint density at radius 3 is 2.58 bits per heavy atom. The van der Waals surface area contributed by atoms with Gasteiger partial charge in [-0.15, -0.1) is 0 Å². The highest BCUT2D eigenvalue weighted by Gasteiger charge is 2.24. The molecule has 0 saturated carbocycles. The van der Waals surface area contributed by atoms with E-state index in [0.717, 1.165) is 0 Å². The zero-order chi connectivity index (χ0) is 24.9. The van der Waals surface area contributed by atoms with Gasteiger partial charge in [-0.05, 0) is 24.3 Å².